The van der Waals surface area contributed by atoms with Gasteiger partial charge < -0.3 is 5.32 Å². The third-order valence-corrected chi connectivity index (χ3v) is 3.13. The van der Waals surface area contributed by atoms with Crippen LogP contribution < -0.4 is 5.32 Å². The molecule has 0 spiro atoms. The average molecular weight is 233 g/mol. The van der Waals surface area contributed by atoms with E-state index in [1.165, 1.54) is 30.5 Å². The number of anilines is 1. The van der Waals surface area contributed by atoms with E-state index in [1.807, 2.05) is 0 Å². The minimum absolute atomic E-state index is 0.202. The molecule has 0 radical (unpaired) electrons. The number of rotatable bonds is 5. The highest BCUT2D eigenvalue weighted by Gasteiger charge is 2.17. The maximum atomic E-state index is 3.65. The zero-order valence-electron chi connectivity index (χ0n) is 12.0. The predicted molar refractivity (Wildman–Crippen MR) is 77.8 cm³/mol. The second-order valence-corrected chi connectivity index (χ2v) is 5.98. The minimum Gasteiger partial charge on any atom is -0.382 e. The maximum Gasteiger partial charge on any atom is 0.0380 e. The summed E-state index contributed by atoms with van der Waals surface area (Å²) in [4.78, 5) is 0. The van der Waals surface area contributed by atoms with Crippen LogP contribution in [0, 0.1) is 0 Å². The van der Waals surface area contributed by atoms with Crippen LogP contribution in [0.4, 0.5) is 5.69 Å². The summed E-state index contributed by atoms with van der Waals surface area (Å²) < 4.78 is 0. The van der Waals surface area contributed by atoms with Crippen LogP contribution in [-0.2, 0) is 5.41 Å². The number of hydrogen-bond acceptors (Lipinski definition) is 1. The monoisotopic (exact) mass is 233 g/mol. The molecule has 1 atom stereocenters. The lowest BCUT2D eigenvalue weighted by atomic mass is 9.85. The van der Waals surface area contributed by atoms with E-state index < -0.39 is 0 Å². The van der Waals surface area contributed by atoms with E-state index in [1.54, 1.807) is 0 Å². The molecule has 17 heavy (non-hydrogen) atoms. The average Bonchev–Trinajstić information content (AvgIpc) is 2.25. The molecule has 1 rings (SSSR count). The summed E-state index contributed by atoms with van der Waals surface area (Å²) in [6, 6.07) is 9.23. The standard InChI is InChI=1S/C16H27N/c1-6-7-10-13(2)17-15-12-9-8-11-14(15)16(3,4)5/h8-9,11-13,17H,6-7,10H2,1-5H3. The van der Waals surface area contributed by atoms with Crippen LogP contribution >= 0.6 is 0 Å². The van der Waals surface area contributed by atoms with Crippen LogP contribution in [0.15, 0.2) is 24.3 Å². The minimum atomic E-state index is 0.202. The Morgan fingerprint density at radius 1 is 1.18 bits per heavy atom. The van der Waals surface area contributed by atoms with Crippen LogP contribution in [0.3, 0.4) is 0 Å². The van der Waals surface area contributed by atoms with Crippen molar-refractivity contribution in [1.82, 2.24) is 0 Å². The Bertz CT molecular complexity index is 336. The second-order valence-electron chi connectivity index (χ2n) is 5.98. The van der Waals surface area contributed by atoms with Gasteiger partial charge in [-0.15, -0.1) is 0 Å². The Morgan fingerprint density at radius 3 is 2.41 bits per heavy atom. The van der Waals surface area contributed by atoms with Crippen LogP contribution in [0.25, 0.3) is 0 Å². The number of hydrogen-bond donors (Lipinski definition) is 1. The molecule has 1 aromatic rings. The summed E-state index contributed by atoms with van der Waals surface area (Å²) in [7, 11) is 0. The van der Waals surface area contributed by atoms with Gasteiger partial charge in [0.05, 0.1) is 0 Å². The molecule has 0 aliphatic carbocycles. The van der Waals surface area contributed by atoms with Crippen molar-refractivity contribution in [1.29, 1.82) is 0 Å². The molecule has 0 aromatic heterocycles. The Labute approximate surface area is 107 Å². The van der Waals surface area contributed by atoms with Gasteiger partial charge in [-0.1, -0.05) is 58.7 Å². The molecule has 0 saturated heterocycles. The predicted octanol–water partition coefficient (Wildman–Crippen LogP) is 4.97. The van der Waals surface area contributed by atoms with Gasteiger partial charge >= 0.3 is 0 Å². The highest BCUT2D eigenvalue weighted by Crippen LogP contribution is 2.29. The van der Waals surface area contributed by atoms with E-state index in [-0.39, 0.29) is 5.41 Å². The number of nitrogens with one attached hydrogen (secondary N) is 1. The third kappa shape index (κ3) is 4.41. The zero-order valence-corrected chi connectivity index (χ0v) is 12.0. The van der Waals surface area contributed by atoms with E-state index in [0.717, 1.165) is 0 Å². The van der Waals surface area contributed by atoms with Crippen LogP contribution in [0.5, 0.6) is 0 Å². The van der Waals surface area contributed by atoms with Gasteiger partial charge in [0.25, 0.3) is 0 Å². The quantitative estimate of drug-likeness (QED) is 0.756. The number of benzene rings is 1. The first-order valence-corrected chi connectivity index (χ1v) is 6.81. The van der Waals surface area contributed by atoms with Gasteiger partial charge in [0.15, 0.2) is 0 Å². The number of unbranched alkanes of at least 4 members (excludes halogenated alkanes) is 1. The fourth-order valence-corrected chi connectivity index (χ4v) is 2.11. The summed E-state index contributed by atoms with van der Waals surface area (Å²) >= 11 is 0. The summed E-state index contributed by atoms with van der Waals surface area (Å²) in [5.74, 6) is 0. The van der Waals surface area contributed by atoms with Gasteiger partial charge in [-0.2, -0.15) is 0 Å². The molecular formula is C16H27N. The Hall–Kier alpha value is -0.980. The molecule has 0 aliphatic heterocycles. The van der Waals surface area contributed by atoms with Gasteiger partial charge in [0.1, 0.15) is 0 Å². The number of para-hydroxylation sites is 1. The van der Waals surface area contributed by atoms with Gasteiger partial charge in [-0.25, -0.2) is 0 Å². The van der Waals surface area contributed by atoms with Crippen molar-refractivity contribution >= 4 is 5.69 Å². The molecule has 96 valence electrons. The Balaban J connectivity index is 2.77. The van der Waals surface area contributed by atoms with E-state index in [9.17, 15) is 0 Å². The van der Waals surface area contributed by atoms with Crippen molar-refractivity contribution < 1.29 is 0 Å². The summed E-state index contributed by atoms with van der Waals surface area (Å²) in [6.45, 7) is 11.3. The van der Waals surface area contributed by atoms with E-state index in [0.29, 0.717) is 6.04 Å². The topological polar surface area (TPSA) is 12.0 Å². The SMILES string of the molecule is CCCCC(C)Nc1ccccc1C(C)(C)C. The van der Waals surface area contributed by atoms with Crippen molar-refractivity contribution in [3.63, 3.8) is 0 Å². The van der Waals surface area contributed by atoms with Gasteiger partial charge in [-0.05, 0) is 30.4 Å². The van der Waals surface area contributed by atoms with E-state index in [2.05, 4.69) is 64.2 Å². The first-order valence-electron chi connectivity index (χ1n) is 6.81. The Morgan fingerprint density at radius 2 is 1.82 bits per heavy atom. The molecule has 1 aromatic carbocycles. The first kappa shape index (κ1) is 14.1. The maximum absolute atomic E-state index is 3.65. The Kier molecular flexibility index (Phi) is 5.04. The smallest absolute Gasteiger partial charge is 0.0380 e. The van der Waals surface area contributed by atoms with E-state index in [4.69, 9.17) is 0 Å². The molecule has 1 N–H and O–H groups in total. The van der Waals surface area contributed by atoms with Crippen LogP contribution in [-0.4, -0.2) is 6.04 Å². The summed E-state index contributed by atoms with van der Waals surface area (Å²) in [5, 5.41) is 3.65. The molecule has 1 heteroatoms. The molecule has 0 fully saturated rings. The van der Waals surface area contributed by atoms with Crippen molar-refractivity contribution in [2.75, 3.05) is 5.32 Å². The largest absolute Gasteiger partial charge is 0.382 e. The lowest BCUT2D eigenvalue weighted by Crippen LogP contribution is -2.20. The molecule has 1 unspecified atom stereocenters. The summed E-state index contributed by atoms with van der Waals surface area (Å²) in [6.07, 6.45) is 3.81. The lowest BCUT2D eigenvalue weighted by molar-refractivity contribution is 0.587. The molecule has 1 nitrogen and oxygen atoms in total. The van der Waals surface area contributed by atoms with Gasteiger partial charge in [0.2, 0.25) is 0 Å². The molecular weight excluding hydrogens is 206 g/mol. The molecule has 0 heterocycles. The van der Waals surface area contributed by atoms with Gasteiger partial charge in [0, 0.05) is 11.7 Å². The molecule has 0 amide bonds. The highest BCUT2D eigenvalue weighted by atomic mass is 14.9. The highest BCUT2D eigenvalue weighted by molar-refractivity contribution is 5.54. The van der Waals surface area contributed by atoms with E-state index >= 15 is 0 Å². The fraction of sp³-hybridized carbons (Fsp3) is 0.625. The van der Waals surface area contributed by atoms with Crippen molar-refractivity contribution in [3.05, 3.63) is 29.8 Å². The van der Waals surface area contributed by atoms with Gasteiger partial charge in [-0.3, -0.25) is 0 Å². The van der Waals surface area contributed by atoms with Crippen molar-refractivity contribution in [2.24, 2.45) is 0 Å². The van der Waals surface area contributed by atoms with Crippen molar-refractivity contribution in [3.8, 4) is 0 Å². The molecule has 0 saturated carbocycles. The lowest BCUT2D eigenvalue weighted by Gasteiger charge is -2.25. The molecule has 0 bridgehead atoms. The zero-order chi connectivity index (χ0) is 12.9. The van der Waals surface area contributed by atoms with Crippen LogP contribution in [0.1, 0.15) is 59.4 Å². The fourth-order valence-electron chi connectivity index (χ4n) is 2.11. The second kappa shape index (κ2) is 6.09. The normalized spacial score (nSPS) is 13.5. The summed E-state index contributed by atoms with van der Waals surface area (Å²) in [5.41, 5.74) is 2.90. The van der Waals surface area contributed by atoms with Crippen LogP contribution in [0.2, 0.25) is 0 Å². The molecule has 0 aliphatic rings. The van der Waals surface area contributed by atoms with Crippen molar-refractivity contribution in [2.45, 2.75) is 65.3 Å². The first-order chi connectivity index (χ1) is 7.95. The third-order valence-electron chi connectivity index (χ3n) is 3.13.